The molecule has 0 spiro atoms. The minimum absolute atomic E-state index is 0.154. The third-order valence-corrected chi connectivity index (χ3v) is 4.16. The molecule has 5 nitrogen and oxygen atoms in total. The molecule has 2 heterocycles. The molecule has 0 bridgehead atoms. The van der Waals surface area contributed by atoms with Gasteiger partial charge in [-0.15, -0.1) is 11.3 Å². The van der Waals surface area contributed by atoms with Crippen LogP contribution in [0.1, 0.15) is 25.8 Å². The Hall–Kier alpha value is -1.40. The second-order valence-corrected chi connectivity index (χ2v) is 5.85. The van der Waals surface area contributed by atoms with Crippen LogP contribution in [0.3, 0.4) is 0 Å². The van der Waals surface area contributed by atoms with Crippen molar-refractivity contribution in [2.24, 2.45) is 0 Å². The minimum Gasteiger partial charge on any atom is -0.371 e. The Bertz CT molecular complexity index is 621. The van der Waals surface area contributed by atoms with E-state index in [4.69, 9.17) is 11.6 Å². The molecule has 0 aliphatic rings. The summed E-state index contributed by atoms with van der Waals surface area (Å²) >= 11 is 7.64. The molecule has 0 aliphatic heterocycles. The van der Waals surface area contributed by atoms with E-state index in [1.54, 1.807) is 23.7 Å². The Kier molecular flexibility index (Phi) is 3.91. The van der Waals surface area contributed by atoms with Crippen LogP contribution in [-0.4, -0.2) is 14.8 Å². The van der Waals surface area contributed by atoms with Gasteiger partial charge in [0.2, 0.25) is 0 Å². The number of aryl methyl sites for hydroxylation is 1. The monoisotopic (exact) mass is 298 g/mol. The number of nitrogens with zero attached hydrogens (tertiary/aromatic N) is 3. The Balaban J connectivity index is 2.35. The summed E-state index contributed by atoms with van der Waals surface area (Å²) in [6.45, 7) is 6.30. The van der Waals surface area contributed by atoms with Crippen LogP contribution >= 0.6 is 22.9 Å². The summed E-state index contributed by atoms with van der Waals surface area (Å²) < 4.78 is 1.32. The lowest BCUT2D eigenvalue weighted by Gasteiger charge is -2.25. The zero-order valence-corrected chi connectivity index (χ0v) is 12.5. The molecule has 2 rings (SSSR count). The van der Waals surface area contributed by atoms with E-state index in [9.17, 15) is 4.79 Å². The van der Waals surface area contributed by atoms with Crippen LogP contribution in [0.15, 0.2) is 22.6 Å². The zero-order valence-electron chi connectivity index (χ0n) is 11.0. The van der Waals surface area contributed by atoms with Crippen LogP contribution in [-0.2, 0) is 12.1 Å². The quantitative estimate of drug-likeness (QED) is 0.943. The molecule has 2 aromatic rings. The molecule has 1 N–H and O–H groups in total. The first-order valence-electron chi connectivity index (χ1n) is 5.89. The smallest absolute Gasteiger partial charge is 0.287 e. The number of aromatic nitrogens is 3. The van der Waals surface area contributed by atoms with Crippen LogP contribution in [0, 0.1) is 0 Å². The maximum Gasteiger partial charge on any atom is 0.287 e. The van der Waals surface area contributed by atoms with E-state index in [-0.39, 0.29) is 10.6 Å². The van der Waals surface area contributed by atoms with Gasteiger partial charge in [-0.25, -0.2) is 9.67 Å². The van der Waals surface area contributed by atoms with Crippen LogP contribution in [0.25, 0.3) is 0 Å². The third-order valence-electron chi connectivity index (χ3n) is 2.70. The molecule has 2 aromatic heterocycles. The van der Waals surface area contributed by atoms with Gasteiger partial charge in [0.05, 0.1) is 17.4 Å². The lowest BCUT2D eigenvalue weighted by Crippen LogP contribution is -2.30. The van der Waals surface area contributed by atoms with Crippen LogP contribution in [0.5, 0.6) is 0 Å². The van der Waals surface area contributed by atoms with Gasteiger partial charge in [0, 0.05) is 18.1 Å². The van der Waals surface area contributed by atoms with Gasteiger partial charge in [-0.1, -0.05) is 11.6 Å². The molecule has 0 saturated heterocycles. The standard InChI is InChI=1S/C12H15ClN4OS/c1-4-17-10(18)9(13)8(7-15-17)16-12(2,3)11-14-5-6-19-11/h5-7,16H,4H2,1-3H3. The van der Waals surface area contributed by atoms with Crippen molar-refractivity contribution in [3.05, 3.63) is 38.2 Å². The van der Waals surface area contributed by atoms with Gasteiger partial charge in [0.15, 0.2) is 0 Å². The number of anilines is 1. The van der Waals surface area contributed by atoms with E-state index in [1.807, 2.05) is 26.2 Å². The van der Waals surface area contributed by atoms with Crippen LogP contribution in [0.2, 0.25) is 5.02 Å². The van der Waals surface area contributed by atoms with Gasteiger partial charge in [-0.2, -0.15) is 5.10 Å². The molecule has 0 radical (unpaired) electrons. The van der Waals surface area contributed by atoms with Crippen LogP contribution < -0.4 is 10.9 Å². The van der Waals surface area contributed by atoms with Crippen molar-refractivity contribution in [1.82, 2.24) is 14.8 Å². The molecule has 0 fully saturated rings. The first kappa shape index (κ1) is 14.0. The second kappa shape index (κ2) is 5.30. The summed E-state index contributed by atoms with van der Waals surface area (Å²) in [4.78, 5) is 16.2. The Morgan fingerprint density at radius 2 is 2.26 bits per heavy atom. The molecule has 0 aliphatic carbocycles. The van der Waals surface area contributed by atoms with Crippen molar-refractivity contribution in [1.29, 1.82) is 0 Å². The highest BCUT2D eigenvalue weighted by Crippen LogP contribution is 2.28. The number of hydrogen-bond donors (Lipinski definition) is 1. The summed E-state index contributed by atoms with van der Waals surface area (Å²) in [6.07, 6.45) is 3.32. The van der Waals surface area contributed by atoms with Crippen molar-refractivity contribution < 1.29 is 0 Å². The topological polar surface area (TPSA) is 59.8 Å². The summed E-state index contributed by atoms with van der Waals surface area (Å²) in [7, 11) is 0. The fourth-order valence-corrected chi connectivity index (χ4v) is 2.61. The summed E-state index contributed by atoms with van der Waals surface area (Å²) in [5.74, 6) is 0. The normalized spacial score (nSPS) is 11.6. The van der Waals surface area contributed by atoms with Gasteiger partial charge in [-0.3, -0.25) is 4.79 Å². The van der Waals surface area contributed by atoms with Gasteiger partial charge < -0.3 is 5.32 Å². The van der Waals surface area contributed by atoms with E-state index in [0.29, 0.717) is 12.2 Å². The first-order chi connectivity index (χ1) is 8.95. The summed E-state index contributed by atoms with van der Waals surface area (Å²) in [6, 6.07) is 0. The van der Waals surface area contributed by atoms with Crippen molar-refractivity contribution in [3.8, 4) is 0 Å². The van der Waals surface area contributed by atoms with Gasteiger partial charge >= 0.3 is 0 Å². The molecule has 0 atom stereocenters. The Morgan fingerprint density at radius 1 is 1.53 bits per heavy atom. The van der Waals surface area contributed by atoms with Gasteiger partial charge in [-0.05, 0) is 20.8 Å². The number of halogens is 1. The van der Waals surface area contributed by atoms with E-state index >= 15 is 0 Å². The highest BCUT2D eigenvalue weighted by molar-refractivity contribution is 7.09. The Labute approximate surface area is 120 Å². The number of rotatable bonds is 4. The fraction of sp³-hybridized carbons (Fsp3) is 0.417. The largest absolute Gasteiger partial charge is 0.371 e. The SMILES string of the molecule is CCn1ncc(NC(C)(C)c2nccs2)c(Cl)c1=O. The molecule has 7 heteroatoms. The van der Waals surface area contributed by atoms with E-state index in [0.717, 1.165) is 5.01 Å². The number of thiazole rings is 1. The summed E-state index contributed by atoms with van der Waals surface area (Å²) in [5.41, 5.74) is -0.176. The minimum atomic E-state index is -0.412. The maximum absolute atomic E-state index is 11.9. The van der Waals surface area contributed by atoms with Gasteiger partial charge in [0.25, 0.3) is 5.56 Å². The van der Waals surface area contributed by atoms with E-state index in [1.165, 1.54) is 4.68 Å². The average molecular weight is 299 g/mol. The zero-order chi connectivity index (χ0) is 14.0. The van der Waals surface area contributed by atoms with Crippen molar-refractivity contribution in [2.75, 3.05) is 5.32 Å². The molecule has 0 unspecified atom stereocenters. The highest BCUT2D eigenvalue weighted by Gasteiger charge is 2.24. The summed E-state index contributed by atoms with van der Waals surface area (Å²) in [5, 5.41) is 10.3. The lowest BCUT2D eigenvalue weighted by atomic mass is 10.1. The van der Waals surface area contributed by atoms with Crippen molar-refractivity contribution in [2.45, 2.75) is 32.9 Å². The van der Waals surface area contributed by atoms with Crippen molar-refractivity contribution in [3.63, 3.8) is 0 Å². The Morgan fingerprint density at radius 3 is 2.84 bits per heavy atom. The number of hydrogen-bond acceptors (Lipinski definition) is 5. The molecular formula is C12H15ClN4OS. The van der Waals surface area contributed by atoms with Crippen molar-refractivity contribution >= 4 is 28.6 Å². The number of nitrogens with one attached hydrogen (secondary N) is 1. The molecule has 102 valence electrons. The first-order valence-corrected chi connectivity index (χ1v) is 7.15. The molecule has 0 saturated carbocycles. The maximum atomic E-state index is 11.9. The predicted octanol–water partition coefficient (Wildman–Crippen LogP) is 2.72. The molecule has 19 heavy (non-hydrogen) atoms. The second-order valence-electron chi connectivity index (χ2n) is 4.58. The predicted molar refractivity (Wildman–Crippen MR) is 77.9 cm³/mol. The van der Waals surface area contributed by atoms with E-state index in [2.05, 4.69) is 15.4 Å². The van der Waals surface area contributed by atoms with E-state index < -0.39 is 5.54 Å². The fourth-order valence-electron chi connectivity index (χ4n) is 1.70. The molecule has 0 aromatic carbocycles. The highest BCUT2D eigenvalue weighted by atomic mass is 35.5. The molecular weight excluding hydrogens is 284 g/mol. The van der Waals surface area contributed by atoms with Crippen LogP contribution in [0.4, 0.5) is 5.69 Å². The third kappa shape index (κ3) is 2.79. The molecule has 0 amide bonds. The average Bonchev–Trinajstić information content (AvgIpc) is 2.90. The lowest BCUT2D eigenvalue weighted by molar-refractivity contribution is 0.592. The van der Waals surface area contributed by atoms with Gasteiger partial charge in [0.1, 0.15) is 10.0 Å².